The first kappa shape index (κ1) is 48.6. The van der Waals surface area contributed by atoms with E-state index >= 15 is 0 Å². The van der Waals surface area contributed by atoms with Gasteiger partial charge in [-0.2, -0.15) is 0 Å². The predicted molar refractivity (Wildman–Crippen MR) is 200 cm³/mol. The molecular formula is C40H82O9. The third kappa shape index (κ3) is 23.0. The molecule has 0 spiro atoms. The Morgan fingerprint density at radius 2 is 0.898 bits per heavy atom. The average molecular weight is 707 g/mol. The average Bonchev–Trinajstić information content (AvgIpc) is 3.92. The molecule has 0 aliphatic carbocycles. The van der Waals surface area contributed by atoms with Crippen molar-refractivity contribution in [2.45, 2.75) is 189 Å². The second-order valence-corrected chi connectivity index (χ2v) is 12.7. The fourth-order valence-electron chi connectivity index (χ4n) is 6.24. The third-order valence-corrected chi connectivity index (χ3v) is 8.61. The molecule has 1 heterocycles. The molecule has 1 saturated heterocycles. The number of epoxide rings is 1. The van der Waals surface area contributed by atoms with Crippen LogP contribution in [0, 0.1) is 5.92 Å². The van der Waals surface area contributed by atoms with Crippen molar-refractivity contribution in [1.82, 2.24) is 0 Å². The van der Waals surface area contributed by atoms with Crippen LogP contribution in [0.25, 0.3) is 0 Å². The molecule has 1 aliphatic heterocycles. The molecule has 0 radical (unpaired) electrons. The molecule has 1 fully saturated rings. The second-order valence-electron chi connectivity index (χ2n) is 12.7. The van der Waals surface area contributed by atoms with Crippen molar-refractivity contribution in [3.8, 4) is 0 Å². The molecule has 9 nitrogen and oxygen atoms in total. The Hall–Kier alpha value is -0.360. The lowest BCUT2D eigenvalue weighted by Crippen LogP contribution is -2.51. The van der Waals surface area contributed by atoms with E-state index in [0.717, 1.165) is 51.9 Å². The van der Waals surface area contributed by atoms with Crippen LogP contribution in [0.15, 0.2) is 0 Å². The molecule has 3 unspecified atom stereocenters. The highest BCUT2D eigenvalue weighted by Gasteiger charge is 2.43. The standard InChI is InChI=1S/C22H44O5.C18H38O4/c1-5-9-10-11-12-13-15-20(16-14-17-23-18-21-19-24-21)22(25-6-2,26-7-3)27-8-4;1-6-11-12-13-14-15-16-17(19-7-2)18(20-8-3,21-9-4)22-10-5/h20-21H,5-19H2,1-4H3;17H,6-16H2,1-5H3. The zero-order valence-electron chi connectivity index (χ0n) is 33.8. The molecule has 296 valence electrons. The van der Waals surface area contributed by atoms with E-state index in [2.05, 4.69) is 13.8 Å². The van der Waals surface area contributed by atoms with E-state index in [9.17, 15) is 0 Å². The Morgan fingerprint density at radius 1 is 0.490 bits per heavy atom. The maximum atomic E-state index is 6.07. The first-order chi connectivity index (χ1) is 23.9. The third-order valence-electron chi connectivity index (χ3n) is 8.61. The van der Waals surface area contributed by atoms with Crippen LogP contribution in [0.5, 0.6) is 0 Å². The molecule has 1 rings (SSSR count). The van der Waals surface area contributed by atoms with Gasteiger partial charge in [0, 0.05) is 58.8 Å². The molecule has 9 heteroatoms. The fraction of sp³-hybridized carbons (Fsp3) is 1.00. The van der Waals surface area contributed by atoms with Crippen LogP contribution in [0.2, 0.25) is 0 Å². The predicted octanol–water partition coefficient (Wildman–Crippen LogP) is 10.2. The van der Waals surface area contributed by atoms with Gasteiger partial charge in [0.25, 0.3) is 5.97 Å². The van der Waals surface area contributed by atoms with Gasteiger partial charge < -0.3 is 42.6 Å². The smallest absolute Gasteiger partial charge is 0.310 e. The van der Waals surface area contributed by atoms with Gasteiger partial charge >= 0.3 is 5.97 Å². The normalized spacial score (nSPS) is 16.0. The lowest BCUT2D eigenvalue weighted by Gasteiger charge is -2.39. The number of unbranched alkanes of at least 4 members (excludes halogenated alkanes) is 10. The summed E-state index contributed by atoms with van der Waals surface area (Å²) >= 11 is 0. The Bertz CT molecular complexity index is 642. The van der Waals surface area contributed by atoms with E-state index in [1.54, 1.807) is 0 Å². The van der Waals surface area contributed by atoms with Crippen LogP contribution in [0.4, 0.5) is 0 Å². The van der Waals surface area contributed by atoms with Gasteiger partial charge in [-0.05, 0) is 74.1 Å². The first-order valence-electron chi connectivity index (χ1n) is 20.6. The van der Waals surface area contributed by atoms with Crippen molar-refractivity contribution < 1.29 is 42.6 Å². The summed E-state index contributed by atoms with van der Waals surface area (Å²) in [6, 6.07) is 0. The van der Waals surface area contributed by atoms with Gasteiger partial charge in [-0.1, -0.05) is 90.9 Å². The lowest BCUT2D eigenvalue weighted by atomic mass is 9.93. The SMILES string of the molecule is CCCCCCCCC(CCCOCC1CO1)C(OCC)(OCC)OCC.CCCCCCCCC(OCC)C(OCC)(OCC)OCC. The zero-order valence-corrected chi connectivity index (χ0v) is 33.8. The summed E-state index contributed by atoms with van der Waals surface area (Å²) in [5.41, 5.74) is 0. The van der Waals surface area contributed by atoms with Crippen molar-refractivity contribution in [1.29, 1.82) is 0 Å². The maximum absolute atomic E-state index is 6.07. The van der Waals surface area contributed by atoms with Gasteiger partial charge in [0.15, 0.2) is 0 Å². The molecule has 0 N–H and O–H groups in total. The summed E-state index contributed by atoms with van der Waals surface area (Å²) in [7, 11) is 0. The molecule has 0 aromatic carbocycles. The molecule has 0 saturated carbocycles. The van der Waals surface area contributed by atoms with E-state index in [4.69, 9.17) is 42.6 Å². The van der Waals surface area contributed by atoms with Gasteiger partial charge in [-0.3, -0.25) is 0 Å². The number of rotatable bonds is 36. The summed E-state index contributed by atoms with van der Waals surface area (Å²) in [5.74, 6) is -1.75. The summed E-state index contributed by atoms with van der Waals surface area (Å²) in [5, 5.41) is 0. The van der Waals surface area contributed by atoms with Crippen LogP contribution in [-0.2, 0) is 42.6 Å². The topological polar surface area (TPSA) is 86.4 Å². The Labute approximate surface area is 303 Å². The van der Waals surface area contributed by atoms with Crippen LogP contribution >= 0.6 is 0 Å². The largest absolute Gasteiger partial charge is 0.379 e. The van der Waals surface area contributed by atoms with Crippen LogP contribution < -0.4 is 0 Å². The highest BCUT2D eigenvalue weighted by atomic mass is 16.9. The zero-order chi connectivity index (χ0) is 36.5. The molecular weight excluding hydrogens is 624 g/mol. The molecule has 1 aliphatic rings. The van der Waals surface area contributed by atoms with Crippen molar-refractivity contribution in [3.05, 3.63) is 0 Å². The van der Waals surface area contributed by atoms with Crippen LogP contribution in [0.1, 0.15) is 165 Å². The molecule has 0 amide bonds. The second kappa shape index (κ2) is 33.5. The van der Waals surface area contributed by atoms with Gasteiger partial charge in [0.05, 0.1) is 13.2 Å². The maximum Gasteiger partial charge on any atom is 0.310 e. The minimum absolute atomic E-state index is 0.177. The summed E-state index contributed by atoms with van der Waals surface area (Å²) in [6.45, 7) is 24.7. The molecule has 3 atom stereocenters. The van der Waals surface area contributed by atoms with Crippen molar-refractivity contribution in [3.63, 3.8) is 0 Å². The summed E-state index contributed by atoms with van der Waals surface area (Å²) < 4.78 is 52.6. The van der Waals surface area contributed by atoms with Gasteiger partial charge in [-0.15, -0.1) is 0 Å². The molecule has 0 bridgehead atoms. The Kier molecular flexibility index (Phi) is 33.2. The molecule has 0 aromatic rings. The number of ether oxygens (including phenoxy) is 9. The highest BCUT2D eigenvalue weighted by molar-refractivity contribution is 4.74. The van der Waals surface area contributed by atoms with E-state index in [1.165, 1.54) is 70.6 Å². The van der Waals surface area contributed by atoms with Crippen molar-refractivity contribution >= 4 is 0 Å². The van der Waals surface area contributed by atoms with Crippen molar-refractivity contribution in [2.24, 2.45) is 5.92 Å². The van der Waals surface area contributed by atoms with E-state index in [-0.39, 0.29) is 12.0 Å². The van der Waals surface area contributed by atoms with E-state index in [0.29, 0.717) is 52.4 Å². The summed E-state index contributed by atoms with van der Waals surface area (Å²) in [6.07, 6.45) is 19.4. The van der Waals surface area contributed by atoms with E-state index < -0.39 is 11.9 Å². The summed E-state index contributed by atoms with van der Waals surface area (Å²) in [4.78, 5) is 0. The van der Waals surface area contributed by atoms with E-state index in [1.807, 2.05) is 48.5 Å². The number of hydrogen-bond acceptors (Lipinski definition) is 9. The van der Waals surface area contributed by atoms with Gasteiger partial charge in [0.2, 0.25) is 0 Å². The minimum atomic E-state index is -1.06. The quantitative estimate of drug-likeness (QED) is 0.0359. The Balaban J connectivity index is 0.000000962. The Morgan fingerprint density at radius 3 is 1.33 bits per heavy atom. The van der Waals surface area contributed by atoms with Crippen molar-refractivity contribution in [2.75, 3.05) is 66.1 Å². The van der Waals surface area contributed by atoms with Gasteiger partial charge in [0.1, 0.15) is 12.2 Å². The molecule has 0 aromatic heterocycles. The van der Waals surface area contributed by atoms with Gasteiger partial charge in [-0.25, -0.2) is 0 Å². The fourth-order valence-corrected chi connectivity index (χ4v) is 6.24. The number of hydrogen-bond donors (Lipinski definition) is 0. The lowest BCUT2D eigenvalue weighted by molar-refractivity contribution is -0.415. The monoisotopic (exact) mass is 707 g/mol. The van der Waals surface area contributed by atoms with Crippen LogP contribution in [0.3, 0.4) is 0 Å². The highest BCUT2D eigenvalue weighted by Crippen LogP contribution is 2.34. The minimum Gasteiger partial charge on any atom is -0.379 e. The van der Waals surface area contributed by atoms with Crippen LogP contribution in [-0.4, -0.2) is 90.2 Å². The molecule has 49 heavy (non-hydrogen) atoms. The first-order valence-corrected chi connectivity index (χ1v) is 20.6.